The van der Waals surface area contributed by atoms with Crippen LogP contribution in [0.15, 0.2) is 30.6 Å². The molecule has 16 heavy (non-hydrogen) atoms. The van der Waals surface area contributed by atoms with Gasteiger partial charge in [0.25, 0.3) is 0 Å². The highest BCUT2D eigenvalue weighted by atomic mass is 15.3. The maximum absolute atomic E-state index is 8.71. The number of anilines is 2. The van der Waals surface area contributed by atoms with E-state index in [-0.39, 0.29) is 0 Å². The minimum atomic E-state index is 0.396. The summed E-state index contributed by atoms with van der Waals surface area (Å²) < 4.78 is 1.82. The first-order chi connectivity index (χ1) is 7.81. The number of hydrogen-bond acceptors (Lipinski definition) is 4. The molecule has 0 bridgehead atoms. The molecule has 0 aliphatic carbocycles. The summed E-state index contributed by atoms with van der Waals surface area (Å²) >= 11 is 0. The molecule has 0 saturated heterocycles. The third kappa shape index (κ3) is 2.17. The number of nitrogens with zero attached hydrogens (tertiary/aromatic N) is 4. The van der Waals surface area contributed by atoms with E-state index in [1.165, 1.54) is 0 Å². The van der Waals surface area contributed by atoms with Crippen LogP contribution in [0, 0.1) is 11.3 Å². The highest BCUT2D eigenvalue weighted by Gasteiger charge is 2.00. The van der Waals surface area contributed by atoms with Crippen molar-refractivity contribution in [2.45, 2.75) is 13.5 Å². The van der Waals surface area contributed by atoms with E-state index in [4.69, 9.17) is 5.26 Å². The summed E-state index contributed by atoms with van der Waals surface area (Å²) in [6.07, 6.45) is 3.62. The summed E-state index contributed by atoms with van der Waals surface area (Å²) in [4.78, 5) is 4.11. The van der Waals surface area contributed by atoms with E-state index in [0.717, 1.165) is 12.2 Å². The quantitative estimate of drug-likeness (QED) is 0.845. The smallest absolute Gasteiger partial charge is 0.142 e. The Bertz CT molecular complexity index is 523. The van der Waals surface area contributed by atoms with Gasteiger partial charge in [-0.15, -0.1) is 0 Å². The molecule has 0 fully saturated rings. The highest BCUT2D eigenvalue weighted by molar-refractivity contribution is 5.54. The van der Waals surface area contributed by atoms with E-state index < -0.39 is 0 Å². The molecular formula is C11H11N5. The van der Waals surface area contributed by atoms with Gasteiger partial charge in [-0.3, -0.25) is 4.68 Å². The van der Waals surface area contributed by atoms with Crippen LogP contribution in [0.3, 0.4) is 0 Å². The number of nitriles is 1. The first-order valence-corrected chi connectivity index (χ1v) is 4.98. The van der Waals surface area contributed by atoms with E-state index in [1.54, 1.807) is 18.3 Å². The molecule has 0 radical (unpaired) electrons. The molecule has 2 rings (SSSR count). The van der Waals surface area contributed by atoms with Gasteiger partial charge in [0.05, 0.1) is 11.9 Å². The van der Waals surface area contributed by atoms with Gasteiger partial charge >= 0.3 is 0 Å². The van der Waals surface area contributed by atoms with Crippen LogP contribution in [-0.2, 0) is 6.54 Å². The second-order valence-electron chi connectivity index (χ2n) is 3.23. The van der Waals surface area contributed by atoms with E-state index in [1.807, 2.05) is 29.9 Å². The van der Waals surface area contributed by atoms with E-state index in [0.29, 0.717) is 11.5 Å². The van der Waals surface area contributed by atoms with Crippen molar-refractivity contribution in [1.82, 2.24) is 14.8 Å². The Hall–Kier alpha value is -2.35. The predicted octanol–water partition coefficient (Wildman–Crippen LogP) is 1.91. The van der Waals surface area contributed by atoms with Gasteiger partial charge in [-0.05, 0) is 19.1 Å². The molecule has 5 nitrogen and oxygen atoms in total. The monoisotopic (exact) mass is 213 g/mol. The average molecular weight is 213 g/mol. The molecule has 2 aromatic heterocycles. The highest BCUT2D eigenvalue weighted by Crippen LogP contribution is 2.13. The van der Waals surface area contributed by atoms with Gasteiger partial charge in [-0.1, -0.05) is 6.07 Å². The van der Waals surface area contributed by atoms with Crippen LogP contribution in [-0.4, -0.2) is 14.8 Å². The molecule has 0 aromatic carbocycles. The van der Waals surface area contributed by atoms with Crippen LogP contribution in [0.2, 0.25) is 0 Å². The zero-order valence-corrected chi connectivity index (χ0v) is 8.88. The van der Waals surface area contributed by atoms with Crippen molar-refractivity contribution < 1.29 is 0 Å². The van der Waals surface area contributed by atoms with Crippen molar-refractivity contribution in [3.8, 4) is 6.07 Å². The fourth-order valence-electron chi connectivity index (χ4n) is 1.32. The molecule has 0 aliphatic rings. The Morgan fingerprint density at radius 2 is 2.38 bits per heavy atom. The minimum absolute atomic E-state index is 0.396. The largest absolute Gasteiger partial charge is 0.338 e. The van der Waals surface area contributed by atoms with Gasteiger partial charge in [0, 0.05) is 12.7 Å². The molecule has 5 heteroatoms. The Balaban J connectivity index is 2.17. The van der Waals surface area contributed by atoms with Crippen LogP contribution in [0.5, 0.6) is 0 Å². The molecular weight excluding hydrogens is 202 g/mol. The van der Waals surface area contributed by atoms with Gasteiger partial charge in [0.1, 0.15) is 17.6 Å². The first-order valence-electron chi connectivity index (χ1n) is 4.98. The summed E-state index contributed by atoms with van der Waals surface area (Å²) in [5, 5.41) is 15.9. The van der Waals surface area contributed by atoms with Gasteiger partial charge in [-0.25, -0.2) is 4.98 Å². The van der Waals surface area contributed by atoms with Crippen LogP contribution in [0.25, 0.3) is 0 Å². The van der Waals surface area contributed by atoms with Crippen molar-refractivity contribution in [2.75, 3.05) is 5.32 Å². The second-order valence-corrected chi connectivity index (χ2v) is 3.23. The summed E-state index contributed by atoms with van der Waals surface area (Å²) in [7, 11) is 0. The Labute approximate surface area is 93.4 Å². The second kappa shape index (κ2) is 4.45. The molecule has 0 atom stereocenters. The number of rotatable bonds is 3. The van der Waals surface area contributed by atoms with Gasteiger partial charge in [0.15, 0.2) is 0 Å². The third-order valence-corrected chi connectivity index (χ3v) is 2.09. The Kier molecular flexibility index (Phi) is 2.83. The first kappa shape index (κ1) is 10.2. The number of nitrogens with one attached hydrogen (secondary N) is 1. The number of pyridine rings is 1. The normalized spacial score (nSPS) is 9.75. The van der Waals surface area contributed by atoms with Crippen molar-refractivity contribution >= 4 is 11.5 Å². The number of aromatic nitrogens is 3. The fourth-order valence-corrected chi connectivity index (χ4v) is 1.32. The van der Waals surface area contributed by atoms with Crippen molar-refractivity contribution in [3.05, 3.63) is 36.3 Å². The molecule has 2 heterocycles. The topological polar surface area (TPSA) is 66.5 Å². The fraction of sp³-hybridized carbons (Fsp3) is 0.182. The maximum Gasteiger partial charge on any atom is 0.142 e. The zero-order valence-electron chi connectivity index (χ0n) is 8.88. The third-order valence-electron chi connectivity index (χ3n) is 2.09. The lowest BCUT2D eigenvalue weighted by Gasteiger charge is -2.01. The average Bonchev–Trinajstić information content (AvgIpc) is 2.77. The number of hydrogen-bond donors (Lipinski definition) is 1. The van der Waals surface area contributed by atoms with E-state index in [2.05, 4.69) is 15.4 Å². The van der Waals surface area contributed by atoms with Crippen molar-refractivity contribution in [3.63, 3.8) is 0 Å². The van der Waals surface area contributed by atoms with Crippen molar-refractivity contribution in [2.24, 2.45) is 0 Å². The van der Waals surface area contributed by atoms with E-state index in [9.17, 15) is 0 Å². The van der Waals surface area contributed by atoms with Crippen LogP contribution in [0.4, 0.5) is 11.5 Å². The summed E-state index contributed by atoms with van der Waals surface area (Å²) in [6, 6.07) is 7.26. The van der Waals surface area contributed by atoms with Gasteiger partial charge in [-0.2, -0.15) is 10.4 Å². The molecule has 80 valence electrons. The minimum Gasteiger partial charge on any atom is -0.338 e. The SMILES string of the molecule is CCn1cc(Nc2cccc(C#N)n2)cn1. The van der Waals surface area contributed by atoms with Crippen LogP contribution >= 0.6 is 0 Å². The lowest BCUT2D eigenvalue weighted by Crippen LogP contribution is -1.94. The molecule has 0 unspecified atom stereocenters. The standard InChI is InChI=1S/C11H11N5/c1-2-16-8-10(7-13-16)15-11-5-3-4-9(6-12)14-11/h3-5,7-8H,2H2,1H3,(H,14,15). The lowest BCUT2D eigenvalue weighted by atomic mass is 10.3. The van der Waals surface area contributed by atoms with Crippen LogP contribution < -0.4 is 5.32 Å². The molecule has 2 aromatic rings. The van der Waals surface area contributed by atoms with Crippen molar-refractivity contribution in [1.29, 1.82) is 5.26 Å². The Morgan fingerprint density at radius 3 is 3.06 bits per heavy atom. The molecule has 0 aliphatic heterocycles. The van der Waals surface area contributed by atoms with Gasteiger partial charge in [0.2, 0.25) is 0 Å². The van der Waals surface area contributed by atoms with Crippen LogP contribution in [0.1, 0.15) is 12.6 Å². The number of aryl methyl sites for hydroxylation is 1. The predicted molar refractivity (Wildman–Crippen MR) is 60.1 cm³/mol. The van der Waals surface area contributed by atoms with Gasteiger partial charge < -0.3 is 5.32 Å². The summed E-state index contributed by atoms with van der Waals surface area (Å²) in [6.45, 7) is 2.85. The molecule has 0 amide bonds. The molecule has 1 N–H and O–H groups in total. The summed E-state index contributed by atoms with van der Waals surface area (Å²) in [5.74, 6) is 0.648. The maximum atomic E-state index is 8.71. The zero-order chi connectivity index (χ0) is 11.4. The molecule has 0 saturated carbocycles. The Morgan fingerprint density at radius 1 is 1.50 bits per heavy atom. The summed E-state index contributed by atoms with van der Waals surface area (Å²) in [5.41, 5.74) is 1.26. The molecule has 0 spiro atoms. The lowest BCUT2D eigenvalue weighted by molar-refractivity contribution is 0.660. The van der Waals surface area contributed by atoms with E-state index >= 15 is 0 Å².